The molecule has 0 aliphatic carbocycles. The molecule has 0 spiro atoms. The van der Waals surface area contributed by atoms with Crippen LogP contribution in [0.2, 0.25) is 0 Å². The maximum atomic E-state index is 10.9. The summed E-state index contributed by atoms with van der Waals surface area (Å²) in [6.45, 7) is 1.83. The third kappa shape index (κ3) is 2.90. The van der Waals surface area contributed by atoms with E-state index in [4.69, 9.17) is 5.73 Å². The van der Waals surface area contributed by atoms with Crippen molar-refractivity contribution in [1.29, 1.82) is 0 Å². The highest BCUT2D eigenvalue weighted by Crippen LogP contribution is 2.05. The summed E-state index contributed by atoms with van der Waals surface area (Å²) in [5.74, 6) is -0.372. The van der Waals surface area contributed by atoms with Crippen LogP contribution in [0.4, 0.5) is 0 Å². The first-order chi connectivity index (χ1) is 6.59. The first-order valence-corrected chi connectivity index (χ1v) is 4.24. The molecular formula is C10H12N2O2. The molecule has 4 heteroatoms. The van der Waals surface area contributed by atoms with Crippen LogP contribution in [0.5, 0.6) is 0 Å². The second-order valence-corrected chi connectivity index (χ2v) is 3.01. The smallest absolute Gasteiger partial charge is 0.248 e. The second kappa shape index (κ2) is 4.41. The summed E-state index contributed by atoms with van der Waals surface area (Å²) in [5.41, 5.74) is 6.59. The number of H-pyrrole nitrogens is 1. The van der Waals surface area contributed by atoms with Crippen molar-refractivity contribution in [1.82, 2.24) is 4.98 Å². The minimum absolute atomic E-state index is 0.130. The normalized spacial score (nSPS) is 10.6. The molecule has 14 heavy (non-hydrogen) atoms. The van der Waals surface area contributed by atoms with Crippen molar-refractivity contribution in [3.05, 3.63) is 39.8 Å². The summed E-state index contributed by atoms with van der Waals surface area (Å²) in [7, 11) is 0. The Kier molecular flexibility index (Phi) is 3.23. The van der Waals surface area contributed by atoms with Crippen molar-refractivity contribution in [2.75, 3.05) is 0 Å². The van der Waals surface area contributed by atoms with Gasteiger partial charge in [0.2, 0.25) is 11.5 Å². The van der Waals surface area contributed by atoms with E-state index in [0.29, 0.717) is 0 Å². The van der Waals surface area contributed by atoms with Gasteiger partial charge in [-0.25, -0.2) is 0 Å². The van der Waals surface area contributed by atoms with E-state index in [1.165, 1.54) is 6.07 Å². The molecule has 0 aliphatic rings. The maximum absolute atomic E-state index is 10.9. The van der Waals surface area contributed by atoms with Crippen LogP contribution in [0.3, 0.4) is 0 Å². The molecule has 1 rings (SSSR count). The lowest BCUT2D eigenvalue weighted by Crippen LogP contribution is -2.08. The quantitative estimate of drug-likeness (QED) is 0.734. The third-order valence-corrected chi connectivity index (χ3v) is 1.79. The van der Waals surface area contributed by atoms with E-state index in [1.807, 2.05) is 6.92 Å². The highest BCUT2D eigenvalue weighted by molar-refractivity contribution is 5.76. The standard InChI is InChI=1S/C10H12N2O2/c1-7-5-10(14)12-6-8(7)3-2-4-9(11)13/h2-3,5-6H,4H2,1H3,(H2,11,13)(H,12,14). The van der Waals surface area contributed by atoms with Gasteiger partial charge in [0, 0.05) is 18.7 Å². The molecule has 0 saturated heterocycles. The van der Waals surface area contributed by atoms with Crippen molar-refractivity contribution in [3.63, 3.8) is 0 Å². The monoisotopic (exact) mass is 192 g/mol. The summed E-state index contributed by atoms with van der Waals surface area (Å²) in [5, 5.41) is 0. The lowest BCUT2D eigenvalue weighted by molar-refractivity contribution is -0.117. The third-order valence-electron chi connectivity index (χ3n) is 1.79. The Bertz CT molecular complexity index is 418. The van der Waals surface area contributed by atoms with Crippen LogP contribution in [-0.4, -0.2) is 10.9 Å². The molecule has 1 heterocycles. The lowest BCUT2D eigenvalue weighted by atomic mass is 10.1. The first kappa shape index (κ1) is 10.2. The van der Waals surface area contributed by atoms with Crippen LogP contribution in [0.25, 0.3) is 6.08 Å². The van der Waals surface area contributed by atoms with E-state index in [1.54, 1.807) is 18.3 Å². The molecule has 1 aromatic rings. The number of aryl methyl sites for hydroxylation is 1. The molecule has 1 amide bonds. The van der Waals surface area contributed by atoms with Crippen LogP contribution in [0, 0.1) is 6.92 Å². The van der Waals surface area contributed by atoms with Crippen LogP contribution in [-0.2, 0) is 4.79 Å². The molecule has 0 unspecified atom stereocenters. The van der Waals surface area contributed by atoms with Crippen molar-refractivity contribution in [2.24, 2.45) is 5.73 Å². The largest absolute Gasteiger partial charge is 0.369 e. The van der Waals surface area contributed by atoms with E-state index < -0.39 is 0 Å². The van der Waals surface area contributed by atoms with Crippen molar-refractivity contribution in [3.8, 4) is 0 Å². The fourth-order valence-electron chi connectivity index (χ4n) is 1.07. The number of nitrogens with one attached hydrogen (secondary N) is 1. The van der Waals surface area contributed by atoms with E-state index in [9.17, 15) is 9.59 Å². The Labute approximate surface area is 81.4 Å². The zero-order chi connectivity index (χ0) is 10.6. The Hall–Kier alpha value is -1.84. The summed E-state index contributed by atoms with van der Waals surface area (Å²) >= 11 is 0. The summed E-state index contributed by atoms with van der Waals surface area (Å²) in [6.07, 6.45) is 5.24. The minimum atomic E-state index is -0.372. The second-order valence-electron chi connectivity index (χ2n) is 3.01. The van der Waals surface area contributed by atoms with Gasteiger partial charge >= 0.3 is 0 Å². The van der Waals surface area contributed by atoms with Crippen LogP contribution >= 0.6 is 0 Å². The van der Waals surface area contributed by atoms with Crippen LogP contribution in [0.15, 0.2) is 23.1 Å². The maximum Gasteiger partial charge on any atom is 0.248 e. The Balaban J connectivity index is 2.82. The van der Waals surface area contributed by atoms with Crippen molar-refractivity contribution in [2.45, 2.75) is 13.3 Å². The molecule has 4 nitrogen and oxygen atoms in total. The van der Waals surface area contributed by atoms with Crippen LogP contribution < -0.4 is 11.3 Å². The van der Waals surface area contributed by atoms with Gasteiger partial charge in [0.05, 0.1) is 0 Å². The number of carbonyl (C=O) groups excluding carboxylic acids is 1. The SMILES string of the molecule is Cc1cc(=O)[nH]cc1C=CCC(N)=O. The van der Waals surface area contributed by atoms with Gasteiger partial charge in [-0.2, -0.15) is 0 Å². The zero-order valence-electron chi connectivity index (χ0n) is 7.91. The number of rotatable bonds is 3. The molecule has 0 aromatic carbocycles. The molecule has 3 N–H and O–H groups in total. The predicted octanol–water partition coefficient (Wildman–Crippen LogP) is 0.572. The number of nitrogens with two attached hydrogens (primary N) is 1. The number of aromatic nitrogens is 1. The van der Waals surface area contributed by atoms with Gasteiger partial charge in [0.25, 0.3) is 0 Å². The van der Waals surface area contributed by atoms with Gasteiger partial charge in [-0.05, 0) is 18.1 Å². The van der Waals surface area contributed by atoms with Gasteiger partial charge in [-0.3, -0.25) is 9.59 Å². The molecule has 1 aromatic heterocycles. The van der Waals surface area contributed by atoms with Gasteiger partial charge in [0.15, 0.2) is 0 Å². The molecular weight excluding hydrogens is 180 g/mol. The Morgan fingerprint density at radius 3 is 2.93 bits per heavy atom. The molecule has 0 saturated carbocycles. The van der Waals surface area contributed by atoms with E-state index in [2.05, 4.69) is 4.98 Å². The average Bonchev–Trinajstić information content (AvgIpc) is 2.08. The number of amides is 1. The average molecular weight is 192 g/mol. The molecule has 0 atom stereocenters. The first-order valence-electron chi connectivity index (χ1n) is 4.24. The molecule has 74 valence electrons. The number of hydrogen-bond donors (Lipinski definition) is 2. The number of carbonyl (C=O) groups is 1. The number of aromatic amines is 1. The minimum Gasteiger partial charge on any atom is -0.369 e. The Morgan fingerprint density at radius 1 is 1.64 bits per heavy atom. The summed E-state index contributed by atoms with van der Waals surface area (Å²) in [6, 6.07) is 1.50. The van der Waals surface area contributed by atoms with Gasteiger partial charge < -0.3 is 10.7 Å². The number of primary amides is 1. The Morgan fingerprint density at radius 2 is 2.36 bits per heavy atom. The van der Waals surface area contributed by atoms with Crippen molar-refractivity contribution < 1.29 is 4.79 Å². The molecule has 0 radical (unpaired) electrons. The fourth-order valence-corrected chi connectivity index (χ4v) is 1.07. The number of pyridine rings is 1. The van der Waals surface area contributed by atoms with Crippen LogP contribution in [0.1, 0.15) is 17.5 Å². The number of hydrogen-bond acceptors (Lipinski definition) is 2. The summed E-state index contributed by atoms with van der Waals surface area (Å²) in [4.78, 5) is 23.9. The lowest BCUT2D eigenvalue weighted by Gasteiger charge is -1.97. The van der Waals surface area contributed by atoms with E-state index >= 15 is 0 Å². The topological polar surface area (TPSA) is 75.9 Å². The predicted molar refractivity (Wildman–Crippen MR) is 54.6 cm³/mol. The zero-order valence-corrected chi connectivity index (χ0v) is 7.91. The highest BCUT2D eigenvalue weighted by Gasteiger charge is 1.94. The van der Waals surface area contributed by atoms with Gasteiger partial charge in [-0.1, -0.05) is 12.2 Å². The molecule has 0 fully saturated rings. The van der Waals surface area contributed by atoms with E-state index in [0.717, 1.165) is 11.1 Å². The van der Waals surface area contributed by atoms with Gasteiger partial charge in [0.1, 0.15) is 0 Å². The molecule has 0 aliphatic heterocycles. The highest BCUT2D eigenvalue weighted by atomic mass is 16.1. The van der Waals surface area contributed by atoms with Crippen molar-refractivity contribution >= 4 is 12.0 Å². The fraction of sp³-hybridized carbons (Fsp3) is 0.200. The van der Waals surface area contributed by atoms with E-state index in [-0.39, 0.29) is 17.9 Å². The summed E-state index contributed by atoms with van der Waals surface area (Å²) < 4.78 is 0. The molecule has 0 bridgehead atoms. The van der Waals surface area contributed by atoms with Gasteiger partial charge in [-0.15, -0.1) is 0 Å².